The third kappa shape index (κ3) is 2.08. The smallest absolute Gasteiger partial charge is 0.151 e. The summed E-state index contributed by atoms with van der Waals surface area (Å²) in [5, 5.41) is 6.13. The SMILES string of the molecule is Fc1cnccc1-c1nc(C2CCCN2)cs1. The fourth-order valence-electron chi connectivity index (χ4n) is 2.06. The average Bonchev–Trinajstić information content (AvgIpc) is 3.00. The molecule has 1 aliphatic heterocycles. The molecule has 3 nitrogen and oxygen atoms in total. The molecule has 5 heteroatoms. The lowest BCUT2D eigenvalue weighted by atomic mass is 10.2. The van der Waals surface area contributed by atoms with Gasteiger partial charge >= 0.3 is 0 Å². The first-order chi connectivity index (χ1) is 8.34. The molecule has 1 aliphatic rings. The normalized spacial score (nSPS) is 19.7. The molecule has 0 saturated carbocycles. The number of pyridine rings is 1. The van der Waals surface area contributed by atoms with Gasteiger partial charge in [-0.3, -0.25) is 4.98 Å². The number of hydrogen-bond donors (Lipinski definition) is 1. The van der Waals surface area contributed by atoms with Gasteiger partial charge in [0.15, 0.2) is 5.82 Å². The molecule has 1 unspecified atom stereocenters. The van der Waals surface area contributed by atoms with Crippen molar-refractivity contribution in [3.05, 3.63) is 35.4 Å². The maximum Gasteiger partial charge on any atom is 0.151 e. The van der Waals surface area contributed by atoms with Crippen LogP contribution in [0.15, 0.2) is 23.8 Å². The van der Waals surface area contributed by atoms with Gasteiger partial charge < -0.3 is 5.32 Å². The minimum absolute atomic E-state index is 0.312. The molecule has 0 aromatic carbocycles. The van der Waals surface area contributed by atoms with E-state index in [1.165, 1.54) is 24.0 Å². The van der Waals surface area contributed by atoms with Crippen LogP contribution in [0.4, 0.5) is 4.39 Å². The number of halogens is 1. The molecule has 0 radical (unpaired) electrons. The maximum absolute atomic E-state index is 13.6. The highest BCUT2D eigenvalue weighted by atomic mass is 32.1. The quantitative estimate of drug-likeness (QED) is 0.889. The summed E-state index contributed by atoms with van der Waals surface area (Å²) < 4.78 is 13.6. The van der Waals surface area contributed by atoms with Crippen LogP contribution in [0.5, 0.6) is 0 Å². The van der Waals surface area contributed by atoms with Crippen molar-refractivity contribution in [3.63, 3.8) is 0 Å². The van der Waals surface area contributed by atoms with Crippen LogP contribution in [0.2, 0.25) is 0 Å². The van der Waals surface area contributed by atoms with Crippen molar-refractivity contribution >= 4 is 11.3 Å². The maximum atomic E-state index is 13.6. The Balaban J connectivity index is 1.92. The summed E-state index contributed by atoms with van der Waals surface area (Å²) in [6.45, 7) is 1.04. The molecule has 1 atom stereocenters. The van der Waals surface area contributed by atoms with Crippen LogP contribution in [0.25, 0.3) is 10.6 Å². The lowest BCUT2D eigenvalue weighted by molar-refractivity contribution is 0.622. The van der Waals surface area contributed by atoms with Gasteiger partial charge in [-0.25, -0.2) is 9.37 Å². The molecule has 0 spiro atoms. The van der Waals surface area contributed by atoms with E-state index in [2.05, 4.69) is 15.3 Å². The number of aromatic nitrogens is 2. The molecular weight excluding hydrogens is 237 g/mol. The van der Waals surface area contributed by atoms with Crippen LogP contribution in [-0.2, 0) is 0 Å². The molecule has 0 bridgehead atoms. The number of thiazole rings is 1. The Morgan fingerprint density at radius 3 is 3.18 bits per heavy atom. The second-order valence-corrected chi connectivity index (χ2v) is 4.94. The molecule has 17 heavy (non-hydrogen) atoms. The summed E-state index contributed by atoms with van der Waals surface area (Å²) in [6.07, 6.45) is 5.11. The summed E-state index contributed by atoms with van der Waals surface area (Å²) in [6, 6.07) is 2.00. The first kappa shape index (κ1) is 10.8. The van der Waals surface area contributed by atoms with Gasteiger partial charge in [0.25, 0.3) is 0 Å². The number of hydrogen-bond acceptors (Lipinski definition) is 4. The van der Waals surface area contributed by atoms with Crippen molar-refractivity contribution in [2.24, 2.45) is 0 Å². The molecule has 3 heterocycles. The standard InChI is InChI=1S/C12H12FN3S/c13-9-6-14-5-3-8(9)12-16-11(7-17-12)10-2-1-4-15-10/h3,5-7,10,15H,1-2,4H2. The van der Waals surface area contributed by atoms with Crippen molar-refractivity contribution in [2.75, 3.05) is 6.54 Å². The Labute approximate surface area is 103 Å². The zero-order valence-electron chi connectivity index (χ0n) is 9.19. The molecular formula is C12H12FN3S. The van der Waals surface area contributed by atoms with Crippen molar-refractivity contribution in [1.82, 2.24) is 15.3 Å². The van der Waals surface area contributed by atoms with Gasteiger partial charge in [-0.05, 0) is 25.5 Å². The van der Waals surface area contributed by atoms with Crippen molar-refractivity contribution in [1.29, 1.82) is 0 Å². The Bertz CT molecular complexity index is 520. The van der Waals surface area contributed by atoms with Crippen LogP contribution >= 0.6 is 11.3 Å². The van der Waals surface area contributed by atoms with E-state index in [1.54, 1.807) is 12.3 Å². The Hall–Kier alpha value is -1.33. The van der Waals surface area contributed by atoms with Gasteiger partial charge in [-0.2, -0.15) is 0 Å². The predicted octanol–water partition coefficient (Wildman–Crippen LogP) is 2.77. The number of rotatable bonds is 2. The number of nitrogens with zero attached hydrogens (tertiary/aromatic N) is 2. The van der Waals surface area contributed by atoms with Crippen LogP contribution in [0.1, 0.15) is 24.6 Å². The van der Waals surface area contributed by atoms with E-state index in [1.807, 2.05) is 5.38 Å². The van der Waals surface area contributed by atoms with Crippen LogP contribution in [0, 0.1) is 5.82 Å². The first-order valence-electron chi connectivity index (χ1n) is 5.63. The summed E-state index contributed by atoms with van der Waals surface area (Å²) in [5.74, 6) is -0.312. The van der Waals surface area contributed by atoms with Crippen molar-refractivity contribution in [2.45, 2.75) is 18.9 Å². The molecule has 0 amide bonds. The largest absolute Gasteiger partial charge is 0.309 e. The third-order valence-corrected chi connectivity index (χ3v) is 3.84. The zero-order valence-corrected chi connectivity index (χ0v) is 10.0. The Morgan fingerprint density at radius 1 is 1.47 bits per heavy atom. The van der Waals surface area contributed by atoms with E-state index < -0.39 is 0 Å². The van der Waals surface area contributed by atoms with E-state index in [0.29, 0.717) is 11.6 Å². The predicted molar refractivity (Wildman–Crippen MR) is 65.3 cm³/mol. The zero-order chi connectivity index (χ0) is 11.7. The molecule has 1 N–H and O–H groups in total. The van der Waals surface area contributed by atoms with E-state index in [4.69, 9.17) is 0 Å². The van der Waals surface area contributed by atoms with E-state index >= 15 is 0 Å². The first-order valence-corrected chi connectivity index (χ1v) is 6.51. The fraction of sp³-hybridized carbons (Fsp3) is 0.333. The van der Waals surface area contributed by atoms with Crippen LogP contribution in [0.3, 0.4) is 0 Å². The van der Waals surface area contributed by atoms with Gasteiger partial charge in [0, 0.05) is 17.1 Å². The molecule has 2 aromatic heterocycles. The van der Waals surface area contributed by atoms with Crippen LogP contribution in [-0.4, -0.2) is 16.5 Å². The highest BCUT2D eigenvalue weighted by molar-refractivity contribution is 7.13. The Morgan fingerprint density at radius 2 is 2.41 bits per heavy atom. The lowest BCUT2D eigenvalue weighted by Gasteiger charge is -2.05. The van der Waals surface area contributed by atoms with Gasteiger partial charge in [0.1, 0.15) is 5.01 Å². The third-order valence-electron chi connectivity index (χ3n) is 2.94. The fourth-order valence-corrected chi connectivity index (χ4v) is 2.96. The lowest BCUT2D eigenvalue weighted by Crippen LogP contribution is -2.12. The summed E-state index contributed by atoms with van der Waals surface area (Å²) in [4.78, 5) is 8.26. The van der Waals surface area contributed by atoms with E-state index in [9.17, 15) is 4.39 Å². The van der Waals surface area contributed by atoms with Crippen LogP contribution < -0.4 is 5.32 Å². The van der Waals surface area contributed by atoms with Crippen molar-refractivity contribution in [3.8, 4) is 10.6 Å². The minimum Gasteiger partial charge on any atom is -0.309 e. The average molecular weight is 249 g/mol. The molecule has 3 rings (SSSR count). The summed E-state index contributed by atoms with van der Waals surface area (Å²) in [5.41, 5.74) is 1.56. The summed E-state index contributed by atoms with van der Waals surface area (Å²) in [7, 11) is 0. The summed E-state index contributed by atoms with van der Waals surface area (Å²) >= 11 is 1.48. The van der Waals surface area contributed by atoms with E-state index in [-0.39, 0.29) is 5.82 Å². The van der Waals surface area contributed by atoms with Gasteiger partial charge in [-0.1, -0.05) is 0 Å². The van der Waals surface area contributed by atoms with Gasteiger partial charge in [0.2, 0.25) is 0 Å². The number of nitrogens with one attached hydrogen (secondary N) is 1. The van der Waals surface area contributed by atoms with Crippen molar-refractivity contribution < 1.29 is 4.39 Å². The monoisotopic (exact) mass is 249 g/mol. The molecule has 2 aromatic rings. The second kappa shape index (κ2) is 4.50. The minimum atomic E-state index is -0.312. The molecule has 1 saturated heterocycles. The molecule has 88 valence electrons. The topological polar surface area (TPSA) is 37.8 Å². The van der Waals surface area contributed by atoms with Gasteiger partial charge in [-0.15, -0.1) is 11.3 Å². The molecule has 0 aliphatic carbocycles. The highest BCUT2D eigenvalue weighted by Gasteiger charge is 2.19. The van der Waals surface area contributed by atoms with Gasteiger partial charge in [0.05, 0.1) is 17.9 Å². The Kier molecular flexibility index (Phi) is 2.86. The second-order valence-electron chi connectivity index (χ2n) is 4.08. The van der Waals surface area contributed by atoms with E-state index in [0.717, 1.165) is 23.7 Å². The molecule has 1 fully saturated rings. The highest BCUT2D eigenvalue weighted by Crippen LogP contribution is 2.30.